The van der Waals surface area contributed by atoms with Gasteiger partial charge in [-0.15, -0.1) is 0 Å². The lowest BCUT2D eigenvalue weighted by molar-refractivity contribution is 0.226. The van der Waals surface area contributed by atoms with Crippen molar-refractivity contribution >= 4 is 0 Å². The van der Waals surface area contributed by atoms with E-state index in [9.17, 15) is 4.39 Å². The van der Waals surface area contributed by atoms with Crippen LogP contribution in [0.1, 0.15) is 45.1 Å². The summed E-state index contributed by atoms with van der Waals surface area (Å²) in [5.41, 5.74) is 1.25. The fraction of sp³-hybridized carbons (Fsp3) is 0.625. The summed E-state index contributed by atoms with van der Waals surface area (Å²) in [4.78, 5) is 0. The van der Waals surface area contributed by atoms with Gasteiger partial charge in [-0.2, -0.15) is 0 Å². The largest absolute Gasteiger partial charge is 0.311 e. The minimum Gasteiger partial charge on any atom is -0.311 e. The Morgan fingerprint density at radius 1 is 1.28 bits per heavy atom. The van der Waals surface area contributed by atoms with Crippen LogP contribution in [0.25, 0.3) is 0 Å². The Hall–Kier alpha value is -0.890. The maximum absolute atomic E-state index is 13.3. The van der Waals surface area contributed by atoms with Crippen LogP contribution < -0.4 is 5.32 Å². The monoisotopic (exact) mass is 249 g/mol. The van der Waals surface area contributed by atoms with Crippen LogP contribution in [-0.2, 0) is 6.42 Å². The Balaban J connectivity index is 2.19. The molecule has 1 aliphatic heterocycles. The van der Waals surface area contributed by atoms with Gasteiger partial charge in [0.05, 0.1) is 0 Å². The fourth-order valence-corrected chi connectivity index (χ4v) is 3.03. The summed E-state index contributed by atoms with van der Waals surface area (Å²) in [7, 11) is 0. The molecule has 1 nitrogen and oxygen atoms in total. The highest BCUT2D eigenvalue weighted by Crippen LogP contribution is 2.30. The molecule has 1 atom stereocenters. The minimum atomic E-state index is -0.125. The lowest BCUT2D eigenvalue weighted by Gasteiger charge is -2.38. The molecular weight excluding hydrogens is 225 g/mol. The highest BCUT2D eigenvalue weighted by molar-refractivity contribution is 5.20. The standard InChI is InChI=1S/C16H24FN/c1-13(2)16(9-4-3-5-10-18-16)12-14-7-6-8-15(17)11-14/h6-8,11,13,18H,3-5,9-10,12H2,1-2H3. The summed E-state index contributed by atoms with van der Waals surface area (Å²) in [5.74, 6) is 0.443. The average Bonchev–Trinajstić information content (AvgIpc) is 2.55. The summed E-state index contributed by atoms with van der Waals surface area (Å²) in [6.07, 6.45) is 5.98. The molecule has 0 amide bonds. The van der Waals surface area contributed by atoms with Crippen molar-refractivity contribution in [3.63, 3.8) is 0 Å². The van der Waals surface area contributed by atoms with Crippen molar-refractivity contribution in [2.45, 2.75) is 51.5 Å². The molecule has 0 aliphatic carbocycles. The molecule has 1 heterocycles. The molecule has 18 heavy (non-hydrogen) atoms. The first-order valence-corrected chi connectivity index (χ1v) is 7.12. The first kappa shape index (κ1) is 13.5. The maximum atomic E-state index is 13.3. The van der Waals surface area contributed by atoms with Gasteiger partial charge in [0.2, 0.25) is 0 Å². The summed E-state index contributed by atoms with van der Waals surface area (Å²) in [5, 5.41) is 3.74. The van der Waals surface area contributed by atoms with Crippen LogP contribution in [0.15, 0.2) is 24.3 Å². The van der Waals surface area contributed by atoms with Crippen molar-refractivity contribution in [3.05, 3.63) is 35.6 Å². The quantitative estimate of drug-likeness (QED) is 0.856. The fourth-order valence-electron chi connectivity index (χ4n) is 3.03. The van der Waals surface area contributed by atoms with Crippen LogP contribution >= 0.6 is 0 Å². The van der Waals surface area contributed by atoms with Gasteiger partial charge in [-0.3, -0.25) is 0 Å². The summed E-state index contributed by atoms with van der Waals surface area (Å²) in [6, 6.07) is 7.05. The second kappa shape index (κ2) is 5.83. The molecule has 0 radical (unpaired) electrons. The molecule has 1 unspecified atom stereocenters. The van der Waals surface area contributed by atoms with E-state index >= 15 is 0 Å². The lowest BCUT2D eigenvalue weighted by Crippen LogP contribution is -2.50. The minimum absolute atomic E-state index is 0.125. The second-order valence-electron chi connectivity index (χ2n) is 5.85. The van der Waals surface area contributed by atoms with Gasteiger partial charge in [-0.05, 0) is 49.4 Å². The number of rotatable bonds is 3. The van der Waals surface area contributed by atoms with Gasteiger partial charge < -0.3 is 5.32 Å². The third kappa shape index (κ3) is 3.11. The summed E-state index contributed by atoms with van der Waals surface area (Å²) in [6.45, 7) is 5.64. The van der Waals surface area contributed by atoms with E-state index in [-0.39, 0.29) is 11.4 Å². The Bertz CT molecular complexity index is 378. The van der Waals surface area contributed by atoms with E-state index in [4.69, 9.17) is 0 Å². The first-order chi connectivity index (χ1) is 8.62. The van der Waals surface area contributed by atoms with Gasteiger partial charge in [-0.1, -0.05) is 38.8 Å². The van der Waals surface area contributed by atoms with Crippen molar-refractivity contribution in [2.75, 3.05) is 6.54 Å². The number of halogens is 1. The maximum Gasteiger partial charge on any atom is 0.123 e. The molecular formula is C16H24FN. The summed E-state index contributed by atoms with van der Waals surface area (Å²) >= 11 is 0. The predicted octanol–water partition coefficient (Wildman–Crippen LogP) is 3.93. The van der Waals surface area contributed by atoms with Crippen molar-refractivity contribution in [2.24, 2.45) is 5.92 Å². The number of benzene rings is 1. The SMILES string of the molecule is CC(C)C1(Cc2cccc(F)c2)CCCCCN1. The predicted molar refractivity (Wildman–Crippen MR) is 74.1 cm³/mol. The Morgan fingerprint density at radius 2 is 2.11 bits per heavy atom. The van der Waals surface area contributed by atoms with E-state index in [2.05, 4.69) is 19.2 Å². The molecule has 0 spiro atoms. The molecule has 2 heteroatoms. The molecule has 1 aromatic rings. The van der Waals surface area contributed by atoms with E-state index in [0.29, 0.717) is 5.92 Å². The molecule has 1 aromatic carbocycles. The van der Waals surface area contributed by atoms with E-state index in [1.807, 2.05) is 12.1 Å². The Morgan fingerprint density at radius 3 is 2.83 bits per heavy atom. The molecule has 0 bridgehead atoms. The van der Waals surface area contributed by atoms with Crippen molar-refractivity contribution < 1.29 is 4.39 Å². The van der Waals surface area contributed by atoms with Gasteiger partial charge in [0, 0.05) is 5.54 Å². The zero-order valence-electron chi connectivity index (χ0n) is 11.5. The number of hydrogen-bond acceptors (Lipinski definition) is 1. The van der Waals surface area contributed by atoms with Crippen LogP contribution in [0, 0.1) is 11.7 Å². The molecule has 1 saturated heterocycles. The van der Waals surface area contributed by atoms with Crippen LogP contribution in [0.4, 0.5) is 4.39 Å². The van der Waals surface area contributed by atoms with Crippen molar-refractivity contribution in [1.82, 2.24) is 5.32 Å². The van der Waals surface area contributed by atoms with Crippen molar-refractivity contribution in [1.29, 1.82) is 0 Å². The van der Waals surface area contributed by atoms with Crippen molar-refractivity contribution in [3.8, 4) is 0 Å². The molecule has 1 N–H and O–H groups in total. The Labute approximate surface area is 110 Å². The molecule has 0 aromatic heterocycles. The third-order valence-corrected chi connectivity index (χ3v) is 4.29. The summed E-state index contributed by atoms with van der Waals surface area (Å²) < 4.78 is 13.3. The van der Waals surface area contributed by atoms with Gasteiger partial charge in [0.1, 0.15) is 5.82 Å². The van der Waals surface area contributed by atoms with Gasteiger partial charge in [0.25, 0.3) is 0 Å². The van der Waals surface area contributed by atoms with E-state index in [1.54, 1.807) is 6.07 Å². The average molecular weight is 249 g/mol. The molecule has 1 aliphatic rings. The molecule has 0 saturated carbocycles. The van der Waals surface area contributed by atoms with E-state index in [1.165, 1.54) is 31.7 Å². The topological polar surface area (TPSA) is 12.0 Å². The van der Waals surface area contributed by atoms with Crippen LogP contribution in [-0.4, -0.2) is 12.1 Å². The van der Waals surface area contributed by atoms with Gasteiger partial charge in [0.15, 0.2) is 0 Å². The van der Waals surface area contributed by atoms with Gasteiger partial charge >= 0.3 is 0 Å². The van der Waals surface area contributed by atoms with E-state index < -0.39 is 0 Å². The number of nitrogens with one attached hydrogen (secondary N) is 1. The highest BCUT2D eigenvalue weighted by atomic mass is 19.1. The normalized spacial score (nSPS) is 25.1. The van der Waals surface area contributed by atoms with Crippen LogP contribution in [0.5, 0.6) is 0 Å². The highest BCUT2D eigenvalue weighted by Gasteiger charge is 2.33. The van der Waals surface area contributed by atoms with Crippen LogP contribution in [0.2, 0.25) is 0 Å². The zero-order valence-corrected chi connectivity index (χ0v) is 11.5. The second-order valence-corrected chi connectivity index (χ2v) is 5.85. The van der Waals surface area contributed by atoms with Crippen LogP contribution in [0.3, 0.4) is 0 Å². The number of hydrogen-bond donors (Lipinski definition) is 1. The first-order valence-electron chi connectivity index (χ1n) is 7.12. The van der Waals surface area contributed by atoms with E-state index in [0.717, 1.165) is 18.5 Å². The molecule has 2 rings (SSSR count). The third-order valence-electron chi connectivity index (χ3n) is 4.29. The lowest BCUT2D eigenvalue weighted by atomic mass is 9.77. The smallest absolute Gasteiger partial charge is 0.123 e. The van der Waals surface area contributed by atoms with Gasteiger partial charge in [-0.25, -0.2) is 4.39 Å². The Kier molecular flexibility index (Phi) is 4.39. The molecule has 1 fully saturated rings. The zero-order chi connectivity index (χ0) is 13.0. The molecule has 100 valence electrons.